The SMILES string of the molecule is Cc1cc(-c2csc(NC(=O)Cn3cnc4ccccc43)n2)ccc1F. The van der Waals surface area contributed by atoms with Crippen LogP contribution in [0.15, 0.2) is 54.2 Å². The number of rotatable bonds is 4. The van der Waals surface area contributed by atoms with Gasteiger partial charge in [-0.2, -0.15) is 0 Å². The van der Waals surface area contributed by atoms with Crippen LogP contribution in [0.5, 0.6) is 0 Å². The van der Waals surface area contributed by atoms with E-state index in [2.05, 4.69) is 15.3 Å². The number of benzene rings is 2. The van der Waals surface area contributed by atoms with Crippen molar-refractivity contribution in [1.29, 1.82) is 0 Å². The third-order valence-electron chi connectivity index (χ3n) is 4.05. The lowest BCUT2D eigenvalue weighted by molar-refractivity contribution is -0.116. The van der Waals surface area contributed by atoms with Gasteiger partial charge in [0.2, 0.25) is 5.91 Å². The van der Waals surface area contributed by atoms with Crippen LogP contribution < -0.4 is 5.32 Å². The molecule has 0 unspecified atom stereocenters. The van der Waals surface area contributed by atoms with Gasteiger partial charge in [-0.25, -0.2) is 14.4 Å². The lowest BCUT2D eigenvalue weighted by Gasteiger charge is -2.04. The topological polar surface area (TPSA) is 59.8 Å². The summed E-state index contributed by atoms with van der Waals surface area (Å²) in [5.74, 6) is -0.422. The third-order valence-corrected chi connectivity index (χ3v) is 4.80. The molecule has 0 fully saturated rings. The molecule has 0 radical (unpaired) electrons. The molecule has 0 bridgehead atoms. The maximum absolute atomic E-state index is 13.4. The molecule has 0 atom stereocenters. The molecule has 0 aliphatic heterocycles. The number of carbonyl (C=O) groups excluding carboxylic acids is 1. The molecule has 0 saturated carbocycles. The molecule has 0 aliphatic carbocycles. The molecule has 2 aromatic carbocycles. The first-order chi connectivity index (χ1) is 12.6. The van der Waals surface area contributed by atoms with Gasteiger partial charge in [0.05, 0.1) is 23.1 Å². The van der Waals surface area contributed by atoms with Crippen LogP contribution in [-0.4, -0.2) is 20.4 Å². The average Bonchev–Trinajstić information content (AvgIpc) is 3.25. The number of thiazole rings is 1. The smallest absolute Gasteiger partial charge is 0.246 e. The summed E-state index contributed by atoms with van der Waals surface area (Å²) in [4.78, 5) is 21.0. The standard InChI is InChI=1S/C19H15FN4OS/c1-12-8-13(6-7-14(12)20)16-10-26-19(22-16)23-18(25)9-24-11-21-15-4-2-3-5-17(15)24/h2-8,10-11H,9H2,1H3,(H,22,23,25). The van der Waals surface area contributed by atoms with Crippen molar-refractivity contribution < 1.29 is 9.18 Å². The monoisotopic (exact) mass is 366 g/mol. The molecule has 26 heavy (non-hydrogen) atoms. The first-order valence-corrected chi connectivity index (χ1v) is 8.90. The minimum Gasteiger partial charge on any atom is -0.321 e. The van der Waals surface area contributed by atoms with E-state index in [9.17, 15) is 9.18 Å². The van der Waals surface area contributed by atoms with Gasteiger partial charge in [0.1, 0.15) is 12.4 Å². The highest BCUT2D eigenvalue weighted by atomic mass is 32.1. The normalized spacial score (nSPS) is 11.0. The Kier molecular flexibility index (Phi) is 4.22. The number of halogens is 1. The molecule has 4 aromatic rings. The van der Waals surface area contributed by atoms with E-state index in [1.807, 2.05) is 29.6 Å². The van der Waals surface area contributed by atoms with Crippen molar-refractivity contribution in [2.24, 2.45) is 0 Å². The summed E-state index contributed by atoms with van der Waals surface area (Å²) in [5.41, 5.74) is 3.85. The zero-order valence-electron chi connectivity index (χ0n) is 13.9. The van der Waals surface area contributed by atoms with E-state index in [-0.39, 0.29) is 18.3 Å². The number of anilines is 1. The van der Waals surface area contributed by atoms with Crippen molar-refractivity contribution in [3.05, 3.63) is 65.6 Å². The van der Waals surface area contributed by atoms with Gasteiger partial charge in [0, 0.05) is 10.9 Å². The lowest BCUT2D eigenvalue weighted by Crippen LogP contribution is -2.18. The van der Waals surface area contributed by atoms with Crippen molar-refractivity contribution in [3.8, 4) is 11.3 Å². The Labute approximate surface area is 153 Å². The van der Waals surface area contributed by atoms with Crippen molar-refractivity contribution in [1.82, 2.24) is 14.5 Å². The number of carbonyl (C=O) groups is 1. The van der Waals surface area contributed by atoms with Gasteiger partial charge < -0.3 is 9.88 Å². The second-order valence-electron chi connectivity index (χ2n) is 5.91. The number of imidazole rings is 1. The number of amides is 1. The number of para-hydroxylation sites is 2. The Hall–Kier alpha value is -3.06. The number of aromatic nitrogens is 3. The second-order valence-corrected chi connectivity index (χ2v) is 6.77. The number of nitrogens with zero attached hydrogens (tertiary/aromatic N) is 3. The molecule has 0 spiro atoms. The molecular formula is C19H15FN4OS. The number of hydrogen-bond donors (Lipinski definition) is 1. The van der Waals surface area contributed by atoms with Crippen LogP contribution in [0.4, 0.5) is 9.52 Å². The summed E-state index contributed by atoms with van der Waals surface area (Å²) >= 11 is 1.34. The molecule has 1 amide bonds. The Morgan fingerprint density at radius 3 is 2.96 bits per heavy atom. The van der Waals surface area contributed by atoms with Gasteiger partial charge in [-0.05, 0) is 42.8 Å². The molecule has 2 aromatic heterocycles. The molecule has 0 aliphatic rings. The van der Waals surface area contributed by atoms with Gasteiger partial charge >= 0.3 is 0 Å². The van der Waals surface area contributed by atoms with Gasteiger partial charge in [-0.15, -0.1) is 11.3 Å². The first-order valence-electron chi connectivity index (χ1n) is 8.02. The highest BCUT2D eigenvalue weighted by Gasteiger charge is 2.11. The van der Waals surface area contributed by atoms with Gasteiger partial charge in [0.25, 0.3) is 0 Å². The maximum Gasteiger partial charge on any atom is 0.246 e. The molecule has 0 saturated heterocycles. The summed E-state index contributed by atoms with van der Waals surface area (Å²) in [7, 11) is 0. The molecule has 2 heterocycles. The Morgan fingerprint density at radius 1 is 1.27 bits per heavy atom. The summed E-state index contributed by atoms with van der Waals surface area (Å²) in [5, 5.41) is 5.16. The lowest BCUT2D eigenvalue weighted by atomic mass is 10.1. The predicted molar refractivity (Wildman–Crippen MR) is 101 cm³/mol. The van der Waals surface area contributed by atoms with Crippen LogP contribution in [0.2, 0.25) is 0 Å². The summed E-state index contributed by atoms with van der Waals surface area (Å²) in [6, 6.07) is 12.5. The van der Waals surface area contributed by atoms with Gasteiger partial charge in [-0.1, -0.05) is 12.1 Å². The van der Waals surface area contributed by atoms with Crippen LogP contribution in [0.25, 0.3) is 22.3 Å². The zero-order valence-corrected chi connectivity index (χ0v) is 14.8. The highest BCUT2D eigenvalue weighted by molar-refractivity contribution is 7.14. The highest BCUT2D eigenvalue weighted by Crippen LogP contribution is 2.26. The summed E-state index contributed by atoms with van der Waals surface area (Å²) in [6.45, 7) is 1.87. The minimum atomic E-state index is -0.245. The maximum atomic E-state index is 13.4. The van der Waals surface area contributed by atoms with Gasteiger partial charge in [-0.3, -0.25) is 4.79 Å². The van der Waals surface area contributed by atoms with Crippen LogP contribution in [0.3, 0.4) is 0 Å². The van der Waals surface area contributed by atoms with E-state index in [0.717, 1.165) is 16.6 Å². The largest absolute Gasteiger partial charge is 0.321 e. The number of aryl methyl sites for hydroxylation is 1. The van der Waals surface area contributed by atoms with Crippen LogP contribution in [-0.2, 0) is 11.3 Å². The fourth-order valence-corrected chi connectivity index (χ4v) is 3.45. The van der Waals surface area contributed by atoms with Crippen LogP contribution in [0, 0.1) is 12.7 Å². The predicted octanol–water partition coefficient (Wildman–Crippen LogP) is 4.25. The van der Waals surface area contributed by atoms with Crippen LogP contribution in [0.1, 0.15) is 5.56 Å². The zero-order chi connectivity index (χ0) is 18.1. The van der Waals surface area contributed by atoms with E-state index < -0.39 is 0 Å². The second kappa shape index (κ2) is 6.68. The summed E-state index contributed by atoms with van der Waals surface area (Å²) in [6.07, 6.45) is 1.65. The Bertz CT molecular complexity index is 1100. The number of fused-ring (bicyclic) bond motifs is 1. The molecular weight excluding hydrogens is 351 g/mol. The van der Waals surface area contributed by atoms with Crippen LogP contribution >= 0.6 is 11.3 Å². The molecule has 7 heteroatoms. The van der Waals surface area contributed by atoms with Gasteiger partial charge in [0.15, 0.2) is 5.13 Å². The van der Waals surface area contributed by atoms with E-state index in [1.165, 1.54) is 17.4 Å². The molecule has 4 rings (SSSR count). The van der Waals surface area contributed by atoms with E-state index in [1.54, 1.807) is 30.0 Å². The molecule has 130 valence electrons. The fourth-order valence-electron chi connectivity index (χ4n) is 2.72. The quantitative estimate of drug-likeness (QED) is 0.587. The van der Waals surface area contributed by atoms with E-state index in [4.69, 9.17) is 0 Å². The molecule has 1 N–H and O–H groups in total. The third kappa shape index (κ3) is 3.21. The Balaban J connectivity index is 1.48. The van der Waals surface area contributed by atoms with Crippen molar-refractivity contribution in [2.45, 2.75) is 13.5 Å². The van der Waals surface area contributed by atoms with E-state index in [0.29, 0.717) is 16.4 Å². The average molecular weight is 366 g/mol. The van der Waals surface area contributed by atoms with E-state index >= 15 is 0 Å². The fraction of sp³-hybridized carbons (Fsp3) is 0.105. The summed E-state index contributed by atoms with van der Waals surface area (Å²) < 4.78 is 15.2. The number of hydrogen-bond acceptors (Lipinski definition) is 4. The van der Waals surface area contributed by atoms with Crippen molar-refractivity contribution in [3.63, 3.8) is 0 Å². The molecule has 5 nitrogen and oxygen atoms in total. The number of nitrogens with one attached hydrogen (secondary N) is 1. The first kappa shape index (κ1) is 16.4. The Morgan fingerprint density at radius 2 is 2.12 bits per heavy atom. The van der Waals surface area contributed by atoms with Crippen molar-refractivity contribution in [2.75, 3.05) is 5.32 Å². The van der Waals surface area contributed by atoms with Crippen molar-refractivity contribution >= 4 is 33.4 Å². The minimum absolute atomic E-state index is 0.158.